The van der Waals surface area contributed by atoms with E-state index in [1.807, 2.05) is 50.2 Å². The van der Waals surface area contributed by atoms with Crippen molar-refractivity contribution in [1.29, 1.82) is 0 Å². The highest BCUT2D eigenvalue weighted by molar-refractivity contribution is 7.98. The Balaban J connectivity index is 1.53. The molecular weight excluding hydrogens is 517 g/mol. The quantitative estimate of drug-likeness (QED) is 0.167. The summed E-state index contributed by atoms with van der Waals surface area (Å²) in [6.07, 6.45) is -3.24. The predicted octanol–water partition coefficient (Wildman–Crippen LogP) is 5.23. The number of carbonyl (C=O) groups excluding carboxylic acids is 1. The van der Waals surface area contributed by atoms with Crippen LogP contribution in [0.3, 0.4) is 0 Å². The van der Waals surface area contributed by atoms with E-state index in [2.05, 4.69) is 30.3 Å². The number of aryl methyl sites for hydroxylation is 3. The highest BCUT2D eigenvalue weighted by atomic mass is 32.2. The molecular formula is C26H25F3N6O2S. The molecule has 0 fully saturated rings. The third kappa shape index (κ3) is 7.54. The molecule has 0 aliphatic heterocycles. The number of alkyl halides is 3. The Labute approximate surface area is 221 Å². The van der Waals surface area contributed by atoms with Crippen molar-refractivity contribution in [2.45, 2.75) is 44.0 Å². The van der Waals surface area contributed by atoms with Gasteiger partial charge in [0.2, 0.25) is 0 Å². The number of hydrogen-bond acceptors (Lipinski definition) is 7. The molecule has 0 radical (unpaired) electrons. The number of hydrogen-bond donors (Lipinski definition) is 1. The molecule has 1 N–H and O–H groups in total. The second-order valence-corrected chi connectivity index (χ2v) is 9.35. The van der Waals surface area contributed by atoms with Crippen LogP contribution in [-0.4, -0.2) is 43.8 Å². The lowest BCUT2D eigenvalue weighted by Gasteiger charge is -2.11. The number of rotatable bonds is 10. The lowest BCUT2D eigenvalue weighted by molar-refractivity contribution is -0.274. The number of thioether (sulfide) groups is 1. The summed E-state index contributed by atoms with van der Waals surface area (Å²) < 4.78 is 43.0. The first-order chi connectivity index (χ1) is 18.2. The fraction of sp³-hybridized carbons (Fsp3) is 0.269. The molecule has 4 aromatic rings. The van der Waals surface area contributed by atoms with Crippen LogP contribution in [0.1, 0.15) is 39.6 Å². The molecule has 0 bridgehead atoms. The molecule has 0 aliphatic carbocycles. The molecule has 2 aromatic heterocycles. The molecule has 0 aliphatic rings. The first-order valence-electron chi connectivity index (χ1n) is 11.8. The number of aromatic nitrogens is 5. The van der Waals surface area contributed by atoms with Crippen molar-refractivity contribution in [3.8, 4) is 11.4 Å². The zero-order valence-electron chi connectivity index (χ0n) is 20.7. The van der Waals surface area contributed by atoms with Crippen molar-refractivity contribution >= 4 is 17.7 Å². The minimum atomic E-state index is -4.80. The van der Waals surface area contributed by atoms with Crippen LogP contribution in [-0.2, 0) is 12.2 Å². The zero-order chi connectivity index (χ0) is 27.1. The molecule has 0 saturated carbocycles. The summed E-state index contributed by atoms with van der Waals surface area (Å²) in [4.78, 5) is 21.9. The zero-order valence-corrected chi connectivity index (χ0v) is 21.5. The Morgan fingerprint density at radius 3 is 2.37 bits per heavy atom. The van der Waals surface area contributed by atoms with Crippen molar-refractivity contribution in [2.24, 2.45) is 0 Å². The number of benzene rings is 2. The van der Waals surface area contributed by atoms with Crippen molar-refractivity contribution in [2.75, 3.05) is 6.54 Å². The highest BCUT2D eigenvalue weighted by Crippen LogP contribution is 2.26. The van der Waals surface area contributed by atoms with Crippen LogP contribution >= 0.6 is 11.8 Å². The SMILES string of the molecule is Cc1cc(C)nc(SCc2c(C(=O)NCCCc3ccccc3)nnn2-c2ccc(OC(F)(F)F)cc2)n1. The molecule has 2 aromatic carbocycles. The smallest absolute Gasteiger partial charge is 0.406 e. The number of nitrogens with zero attached hydrogens (tertiary/aromatic N) is 5. The number of amides is 1. The van der Waals surface area contributed by atoms with E-state index in [1.165, 1.54) is 46.3 Å². The summed E-state index contributed by atoms with van der Waals surface area (Å²) in [5.74, 6) is -0.501. The number of halogens is 3. The monoisotopic (exact) mass is 542 g/mol. The van der Waals surface area contributed by atoms with Gasteiger partial charge in [-0.2, -0.15) is 0 Å². The van der Waals surface area contributed by atoms with E-state index < -0.39 is 12.3 Å². The van der Waals surface area contributed by atoms with Gasteiger partial charge in [-0.25, -0.2) is 14.6 Å². The molecule has 38 heavy (non-hydrogen) atoms. The standard InChI is InChI=1S/C26H25F3N6O2S/c1-17-15-18(2)32-25(31-17)38-16-22-23(24(36)30-14-6-9-19-7-4-3-5-8-19)33-34-35(22)20-10-12-21(13-11-20)37-26(27,28)29/h3-5,7-8,10-13,15H,6,9,14,16H2,1-2H3,(H,30,36). The maximum atomic E-state index is 13.0. The van der Waals surface area contributed by atoms with Crippen LogP contribution in [0.4, 0.5) is 13.2 Å². The average Bonchev–Trinajstić information content (AvgIpc) is 3.29. The van der Waals surface area contributed by atoms with Gasteiger partial charge in [0.05, 0.1) is 11.4 Å². The van der Waals surface area contributed by atoms with Crippen LogP contribution in [0.5, 0.6) is 5.75 Å². The first-order valence-corrected chi connectivity index (χ1v) is 12.7. The normalized spacial score (nSPS) is 11.4. The van der Waals surface area contributed by atoms with Crippen LogP contribution in [0.15, 0.2) is 65.8 Å². The van der Waals surface area contributed by atoms with Crippen LogP contribution in [0, 0.1) is 13.8 Å². The van der Waals surface area contributed by atoms with Gasteiger partial charge in [0, 0.05) is 23.7 Å². The largest absolute Gasteiger partial charge is 0.573 e. The van der Waals surface area contributed by atoms with E-state index in [9.17, 15) is 18.0 Å². The van der Waals surface area contributed by atoms with Gasteiger partial charge in [-0.15, -0.1) is 18.3 Å². The minimum absolute atomic E-state index is 0.122. The molecule has 8 nitrogen and oxygen atoms in total. The summed E-state index contributed by atoms with van der Waals surface area (Å²) in [7, 11) is 0. The van der Waals surface area contributed by atoms with E-state index in [0.29, 0.717) is 23.1 Å². The fourth-order valence-corrected chi connectivity index (χ4v) is 4.66. The van der Waals surface area contributed by atoms with Gasteiger partial charge in [0.15, 0.2) is 10.9 Å². The van der Waals surface area contributed by atoms with Gasteiger partial charge in [0.25, 0.3) is 5.91 Å². The maximum Gasteiger partial charge on any atom is 0.573 e. The molecule has 12 heteroatoms. The maximum absolute atomic E-state index is 13.0. The highest BCUT2D eigenvalue weighted by Gasteiger charge is 2.31. The van der Waals surface area contributed by atoms with E-state index in [1.54, 1.807) is 0 Å². The molecule has 0 atom stereocenters. The molecule has 2 heterocycles. The Kier molecular flexibility index (Phi) is 8.62. The van der Waals surface area contributed by atoms with Crippen LogP contribution in [0.25, 0.3) is 5.69 Å². The lowest BCUT2D eigenvalue weighted by Crippen LogP contribution is -2.26. The van der Waals surface area contributed by atoms with E-state index in [0.717, 1.165) is 24.2 Å². The van der Waals surface area contributed by atoms with E-state index in [4.69, 9.17) is 0 Å². The molecule has 0 saturated heterocycles. The first kappa shape index (κ1) is 27.1. The minimum Gasteiger partial charge on any atom is -0.406 e. The molecule has 0 spiro atoms. The Morgan fingerprint density at radius 2 is 1.71 bits per heavy atom. The second kappa shape index (κ2) is 12.1. The van der Waals surface area contributed by atoms with E-state index in [-0.39, 0.29) is 17.2 Å². The second-order valence-electron chi connectivity index (χ2n) is 8.41. The summed E-state index contributed by atoms with van der Waals surface area (Å²) >= 11 is 1.31. The Hall–Kier alpha value is -3.93. The van der Waals surface area contributed by atoms with Gasteiger partial charge in [-0.1, -0.05) is 47.3 Å². The summed E-state index contributed by atoms with van der Waals surface area (Å²) in [5, 5.41) is 11.6. The Bertz CT molecular complexity index is 1360. The summed E-state index contributed by atoms with van der Waals surface area (Å²) in [5.41, 5.74) is 3.80. The van der Waals surface area contributed by atoms with Crippen molar-refractivity contribution in [3.63, 3.8) is 0 Å². The van der Waals surface area contributed by atoms with E-state index >= 15 is 0 Å². The van der Waals surface area contributed by atoms with Gasteiger partial charge in [-0.3, -0.25) is 4.79 Å². The molecule has 0 unspecified atom stereocenters. The average molecular weight is 543 g/mol. The topological polar surface area (TPSA) is 94.8 Å². The van der Waals surface area contributed by atoms with Gasteiger partial charge >= 0.3 is 6.36 Å². The number of carbonyl (C=O) groups is 1. The lowest BCUT2D eigenvalue weighted by atomic mass is 10.1. The number of ether oxygens (including phenoxy) is 1. The van der Waals surface area contributed by atoms with Crippen molar-refractivity contribution in [1.82, 2.24) is 30.3 Å². The molecule has 1 amide bonds. The summed E-state index contributed by atoms with van der Waals surface area (Å²) in [6, 6.07) is 17.0. The van der Waals surface area contributed by atoms with Gasteiger partial charge in [-0.05, 0) is 62.6 Å². The molecule has 4 rings (SSSR count). The van der Waals surface area contributed by atoms with Gasteiger partial charge in [0.1, 0.15) is 5.75 Å². The van der Waals surface area contributed by atoms with Gasteiger partial charge < -0.3 is 10.1 Å². The van der Waals surface area contributed by atoms with Crippen molar-refractivity contribution in [3.05, 3.63) is 89.0 Å². The van der Waals surface area contributed by atoms with Crippen LogP contribution in [0.2, 0.25) is 0 Å². The summed E-state index contributed by atoms with van der Waals surface area (Å²) in [6.45, 7) is 4.17. The third-order valence-electron chi connectivity index (χ3n) is 5.36. The number of nitrogens with one attached hydrogen (secondary N) is 1. The predicted molar refractivity (Wildman–Crippen MR) is 136 cm³/mol. The third-order valence-corrected chi connectivity index (χ3v) is 6.22. The fourth-order valence-electron chi connectivity index (χ4n) is 3.72. The molecule has 198 valence electrons. The van der Waals surface area contributed by atoms with Crippen molar-refractivity contribution < 1.29 is 22.7 Å². The Morgan fingerprint density at radius 1 is 1.03 bits per heavy atom. The van der Waals surface area contributed by atoms with Crippen LogP contribution < -0.4 is 10.1 Å².